The molecule has 1 heterocycles. The van der Waals surface area contributed by atoms with Crippen LogP contribution in [0.3, 0.4) is 0 Å². The van der Waals surface area contributed by atoms with Crippen molar-refractivity contribution >= 4 is 0 Å². The van der Waals surface area contributed by atoms with Gasteiger partial charge in [-0.05, 0) is 39.2 Å². The van der Waals surface area contributed by atoms with E-state index in [0.717, 1.165) is 58.5 Å². The predicted molar refractivity (Wildman–Crippen MR) is 74.9 cm³/mol. The van der Waals surface area contributed by atoms with Gasteiger partial charge in [-0.25, -0.2) is 0 Å². The Balaban J connectivity index is 2.23. The summed E-state index contributed by atoms with van der Waals surface area (Å²) in [5.74, 6) is 0. The smallest absolute Gasteiger partial charge is 0.0599 e. The van der Waals surface area contributed by atoms with E-state index in [1.165, 1.54) is 0 Å². The molecule has 1 fully saturated rings. The highest BCUT2D eigenvalue weighted by atomic mass is 16.5. The fourth-order valence-electron chi connectivity index (χ4n) is 2.57. The highest BCUT2D eigenvalue weighted by Gasteiger charge is 2.21. The van der Waals surface area contributed by atoms with Crippen molar-refractivity contribution in [2.45, 2.75) is 51.7 Å². The molecule has 1 atom stereocenters. The lowest BCUT2D eigenvalue weighted by Crippen LogP contribution is -2.46. The molecule has 1 rings (SSSR count). The lowest BCUT2D eigenvalue weighted by atomic mass is 10.1. The van der Waals surface area contributed by atoms with Gasteiger partial charge in [0.25, 0.3) is 0 Å². The number of rotatable bonds is 9. The summed E-state index contributed by atoms with van der Waals surface area (Å²) >= 11 is 0. The minimum absolute atomic E-state index is 0.275. The Bertz CT molecular complexity index is 194. The number of aliphatic hydroxyl groups is 1. The molecule has 0 aromatic carbocycles. The first-order valence-electron chi connectivity index (χ1n) is 7.48. The SMILES string of the molecule is CCCNC(CCO)CN1CCC(OCC)CC1. The maximum absolute atomic E-state index is 9.10. The summed E-state index contributed by atoms with van der Waals surface area (Å²) < 4.78 is 5.67. The summed E-state index contributed by atoms with van der Waals surface area (Å²) in [6.07, 6.45) is 4.76. The highest BCUT2D eigenvalue weighted by molar-refractivity contribution is 4.77. The molecule has 0 amide bonds. The highest BCUT2D eigenvalue weighted by Crippen LogP contribution is 2.14. The van der Waals surface area contributed by atoms with Crippen LogP contribution in [0.1, 0.15) is 39.5 Å². The van der Waals surface area contributed by atoms with Crippen molar-refractivity contribution in [3.8, 4) is 0 Å². The Morgan fingerprint density at radius 3 is 2.61 bits per heavy atom. The predicted octanol–water partition coefficient (Wildman–Crippen LogP) is 1.24. The molecule has 0 spiro atoms. The van der Waals surface area contributed by atoms with Crippen LogP contribution in [0.5, 0.6) is 0 Å². The van der Waals surface area contributed by atoms with Crippen LogP contribution in [-0.4, -0.2) is 61.5 Å². The first-order chi connectivity index (χ1) is 8.80. The molecular formula is C14H30N2O2. The second-order valence-electron chi connectivity index (χ2n) is 5.12. The van der Waals surface area contributed by atoms with Crippen molar-refractivity contribution in [3.63, 3.8) is 0 Å². The van der Waals surface area contributed by atoms with Gasteiger partial charge in [-0.15, -0.1) is 0 Å². The Morgan fingerprint density at radius 2 is 2.06 bits per heavy atom. The standard InChI is InChI=1S/C14H30N2O2/c1-3-8-15-13(7-11-17)12-16-9-5-14(6-10-16)18-4-2/h13-15,17H,3-12H2,1-2H3. The van der Waals surface area contributed by atoms with Crippen LogP contribution in [0.4, 0.5) is 0 Å². The molecule has 1 unspecified atom stereocenters. The summed E-state index contributed by atoms with van der Waals surface area (Å²) in [5, 5.41) is 12.6. The van der Waals surface area contributed by atoms with E-state index in [2.05, 4.69) is 24.1 Å². The Labute approximate surface area is 112 Å². The van der Waals surface area contributed by atoms with Gasteiger partial charge in [0, 0.05) is 38.9 Å². The molecule has 1 aliphatic rings. The van der Waals surface area contributed by atoms with Gasteiger partial charge in [0.15, 0.2) is 0 Å². The molecule has 4 heteroatoms. The summed E-state index contributed by atoms with van der Waals surface area (Å²) in [5.41, 5.74) is 0. The van der Waals surface area contributed by atoms with Crippen LogP contribution in [0.25, 0.3) is 0 Å². The molecule has 0 aromatic heterocycles. The van der Waals surface area contributed by atoms with Gasteiger partial charge >= 0.3 is 0 Å². The third kappa shape index (κ3) is 6.14. The topological polar surface area (TPSA) is 44.7 Å². The second-order valence-corrected chi connectivity index (χ2v) is 5.12. The van der Waals surface area contributed by atoms with Crippen LogP contribution in [0.2, 0.25) is 0 Å². The molecule has 0 bridgehead atoms. The third-order valence-corrected chi connectivity index (χ3v) is 3.58. The lowest BCUT2D eigenvalue weighted by molar-refractivity contribution is 0.0118. The van der Waals surface area contributed by atoms with Gasteiger partial charge in [-0.2, -0.15) is 0 Å². The first-order valence-corrected chi connectivity index (χ1v) is 7.48. The summed E-state index contributed by atoms with van der Waals surface area (Å²) in [7, 11) is 0. The average molecular weight is 258 g/mol. The van der Waals surface area contributed by atoms with Gasteiger partial charge < -0.3 is 20.1 Å². The molecule has 0 saturated carbocycles. The second kappa shape index (κ2) is 9.73. The van der Waals surface area contributed by atoms with Crippen molar-refractivity contribution in [3.05, 3.63) is 0 Å². The van der Waals surface area contributed by atoms with Crippen LogP contribution >= 0.6 is 0 Å². The van der Waals surface area contributed by atoms with E-state index in [0.29, 0.717) is 12.1 Å². The molecule has 18 heavy (non-hydrogen) atoms. The van der Waals surface area contributed by atoms with Crippen molar-refractivity contribution in [1.82, 2.24) is 10.2 Å². The Hall–Kier alpha value is -0.160. The van der Waals surface area contributed by atoms with Crippen LogP contribution in [-0.2, 0) is 4.74 Å². The summed E-state index contributed by atoms with van der Waals surface area (Å²) in [6.45, 7) is 9.70. The molecule has 0 aromatic rings. The van der Waals surface area contributed by atoms with Gasteiger partial charge in [0.05, 0.1) is 6.10 Å². The molecule has 1 saturated heterocycles. The average Bonchev–Trinajstić information content (AvgIpc) is 2.39. The maximum atomic E-state index is 9.10. The van der Waals surface area contributed by atoms with E-state index < -0.39 is 0 Å². The molecule has 4 nitrogen and oxygen atoms in total. The zero-order valence-electron chi connectivity index (χ0n) is 12.0. The number of ether oxygens (including phenoxy) is 1. The van der Waals surface area contributed by atoms with Crippen LogP contribution in [0, 0.1) is 0 Å². The van der Waals surface area contributed by atoms with Crippen LogP contribution < -0.4 is 5.32 Å². The largest absolute Gasteiger partial charge is 0.396 e. The van der Waals surface area contributed by atoms with Gasteiger partial charge in [-0.3, -0.25) is 0 Å². The third-order valence-electron chi connectivity index (χ3n) is 3.58. The molecule has 2 N–H and O–H groups in total. The monoisotopic (exact) mass is 258 g/mol. The molecule has 0 radical (unpaired) electrons. The number of aliphatic hydroxyl groups excluding tert-OH is 1. The van der Waals surface area contributed by atoms with Gasteiger partial charge in [0.2, 0.25) is 0 Å². The number of hydrogen-bond acceptors (Lipinski definition) is 4. The van der Waals surface area contributed by atoms with Crippen molar-refractivity contribution in [1.29, 1.82) is 0 Å². The number of likely N-dealkylation sites (tertiary alicyclic amines) is 1. The quantitative estimate of drug-likeness (QED) is 0.653. The van der Waals surface area contributed by atoms with Gasteiger partial charge in [0.1, 0.15) is 0 Å². The lowest BCUT2D eigenvalue weighted by Gasteiger charge is -2.34. The number of nitrogens with one attached hydrogen (secondary N) is 1. The van der Waals surface area contributed by atoms with Crippen LogP contribution in [0.15, 0.2) is 0 Å². The number of hydrogen-bond donors (Lipinski definition) is 2. The van der Waals surface area contributed by atoms with E-state index in [1.807, 2.05) is 0 Å². The number of nitrogens with zero attached hydrogens (tertiary/aromatic N) is 1. The zero-order chi connectivity index (χ0) is 13.2. The van der Waals surface area contributed by atoms with E-state index in [9.17, 15) is 0 Å². The minimum atomic E-state index is 0.275. The fraction of sp³-hybridized carbons (Fsp3) is 1.00. The molecule has 0 aliphatic carbocycles. The zero-order valence-corrected chi connectivity index (χ0v) is 12.0. The maximum Gasteiger partial charge on any atom is 0.0599 e. The first kappa shape index (κ1) is 15.9. The Kier molecular flexibility index (Phi) is 8.59. The molecule has 1 aliphatic heterocycles. The minimum Gasteiger partial charge on any atom is -0.396 e. The summed E-state index contributed by atoms with van der Waals surface area (Å²) in [4.78, 5) is 2.50. The van der Waals surface area contributed by atoms with E-state index in [-0.39, 0.29) is 6.61 Å². The van der Waals surface area contributed by atoms with E-state index in [1.54, 1.807) is 0 Å². The summed E-state index contributed by atoms with van der Waals surface area (Å²) in [6, 6.07) is 0.429. The Morgan fingerprint density at radius 1 is 1.33 bits per heavy atom. The molecule has 108 valence electrons. The number of piperidine rings is 1. The fourth-order valence-corrected chi connectivity index (χ4v) is 2.57. The molecular weight excluding hydrogens is 228 g/mol. The van der Waals surface area contributed by atoms with Crippen molar-refractivity contribution in [2.24, 2.45) is 0 Å². The van der Waals surface area contributed by atoms with E-state index >= 15 is 0 Å². The van der Waals surface area contributed by atoms with Crippen molar-refractivity contribution in [2.75, 3.05) is 39.4 Å². The van der Waals surface area contributed by atoms with Gasteiger partial charge in [-0.1, -0.05) is 6.92 Å². The van der Waals surface area contributed by atoms with Crippen molar-refractivity contribution < 1.29 is 9.84 Å². The van der Waals surface area contributed by atoms with E-state index in [4.69, 9.17) is 9.84 Å². The normalized spacial score (nSPS) is 20.2.